The van der Waals surface area contributed by atoms with Crippen LogP contribution in [0.1, 0.15) is 41.5 Å². The Kier molecular flexibility index (Phi) is 8.81. The summed E-state index contributed by atoms with van der Waals surface area (Å²) in [5.41, 5.74) is -0.202. The van der Waals surface area contributed by atoms with E-state index >= 15 is 0 Å². The Hall–Kier alpha value is -1.06. The maximum Gasteiger partial charge on any atom is 0.302 e. The fourth-order valence-electron chi connectivity index (χ4n) is 1.10. The van der Waals surface area contributed by atoms with Crippen LogP contribution in [0.3, 0.4) is 0 Å². The van der Waals surface area contributed by atoms with Gasteiger partial charge in [0.2, 0.25) is 5.91 Å². The van der Waals surface area contributed by atoms with Crippen LogP contribution in [0, 0.1) is 5.41 Å². The molecule has 0 aliphatic carbocycles. The topological polar surface area (TPSA) is 46.6 Å². The van der Waals surface area contributed by atoms with Gasteiger partial charge >= 0.3 is 5.97 Å². The molecule has 0 aromatic heterocycles. The highest BCUT2D eigenvalue weighted by atomic mass is 16.5. The van der Waals surface area contributed by atoms with Gasteiger partial charge in [0.1, 0.15) is 0 Å². The number of hydrogen-bond donors (Lipinski definition) is 0. The fraction of sp³-hybridized carbons (Fsp3) is 0.833. The molecule has 0 aromatic rings. The van der Waals surface area contributed by atoms with Gasteiger partial charge in [0.25, 0.3) is 0 Å². The van der Waals surface area contributed by atoms with E-state index in [1.807, 2.05) is 27.7 Å². The van der Waals surface area contributed by atoms with Crippen LogP contribution in [-0.4, -0.2) is 37.0 Å². The number of esters is 1. The normalized spacial score (nSPS) is 9.94. The first-order chi connectivity index (χ1) is 7.24. The van der Waals surface area contributed by atoms with Crippen molar-refractivity contribution in [3.05, 3.63) is 0 Å². The highest BCUT2D eigenvalue weighted by Crippen LogP contribution is 2.16. The number of hydrogen-bond acceptors (Lipinski definition) is 3. The molecule has 0 fully saturated rings. The zero-order valence-corrected chi connectivity index (χ0v) is 11.6. The van der Waals surface area contributed by atoms with Crippen LogP contribution >= 0.6 is 0 Å². The number of carbonyl (C=O) groups excluding carboxylic acids is 2. The summed E-state index contributed by atoms with van der Waals surface area (Å²) in [5, 5.41) is 0. The summed E-state index contributed by atoms with van der Waals surface area (Å²) in [4.78, 5) is 23.2. The number of amides is 1. The quantitative estimate of drug-likeness (QED) is 0.696. The summed E-state index contributed by atoms with van der Waals surface area (Å²) < 4.78 is 4.91. The second-order valence-electron chi connectivity index (χ2n) is 4.32. The average Bonchev–Trinajstić information content (AvgIpc) is 2.17. The van der Waals surface area contributed by atoms with Gasteiger partial charge in [-0.05, 0) is 0 Å². The minimum absolute atomic E-state index is 0.0147. The third-order valence-electron chi connectivity index (χ3n) is 1.87. The zero-order chi connectivity index (χ0) is 13.4. The fourth-order valence-corrected chi connectivity index (χ4v) is 1.10. The van der Waals surface area contributed by atoms with E-state index in [1.54, 1.807) is 11.9 Å². The van der Waals surface area contributed by atoms with E-state index in [0.29, 0.717) is 13.2 Å². The summed E-state index contributed by atoms with van der Waals surface area (Å²) >= 11 is 0. The minimum atomic E-state index is -0.288. The molecule has 1 amide bonds. The van der Waals surface area contributed by atoms with Crippen molar-refractivity contribution in [3.63, 3.8) is 0 Å². The molecular formula is C12H25NO3. The SMILES string of the molecule is CC.CC(=O)OCC(C)(C)CN(C)C(C)=O. The Morgan fingerprint density at radius 1 is 1.19 bits per heavy atom. The van der Waals surface area contributed by atoms with Gasteiger partial charge in [-0.2, -0.15) is 0 Å². The summed E-state index contributed by atoms with van der Waals surface area (Å²) in [5.74, 6) is -0.274. The summed E-state index contributed by atoms with van der Waals surface area (Å²) in [7, 11) is 1.73. The van der Waals surface area contributed by atoms with Gasteiger partial charge in [-0.3, -0.25) is 9.59 Å². The monoisotopic (exact) mass is 231 g/mol. The van der Waals surface area contributed by atoms with Crippen molar-refractivity contribution in [2.24, 2.45) is 5.41 Å². The maximum atomic E-state index is 11.0. The molecule has 0 aliphatic heterocycles. The summed E-state index contributed by atoms with van der Waals surface area (Å²) in [6.45, 7) is 11.7. The van der Waals surface area contributed by atoms with Gasteiger partial charge in [0.05, 0.1) is 6.61 Å². The van der Waals surface area contributed by atoms with Gasteiger partial charge in [0.15, 0.2) is 0 Å². The Balaban J connectivity index is 0. The second kappa shape index (κ2) is 8.13. The molecule has 0 atom stereocenters. The molecule has 4 heteroatoms. The van der Waals surface area contributed by atoms with E-state index in [2.05, 4.69) is 0 Å². The summed E-state index contributed by atoms with van der Waals surface area (Å²) in [6, 6.07) is 0. The van der Waals surface area contributed by atoms with Gasteiger partial charge in [-0.25, -0.2) is 0 Å². The lowest BCUT2D eigenvalue weighted by atomic mass is 9.94. The van der Waals surface area contributed by atoms with Crippen molar-refractivity contribution in [1.29, 1.82) is 0 Å². The van der Waals surface area contributed by atoms with E-state index in [9.17, 15) is 9.59 Å². The first kappa shape index (κ1) is 17.3. The van der Waals surface area contributed by atoms with Crippen molar-refractivity contribution < 1.29 is 14.3 Å². The highest BCUT2D eigenvalue weighted by molar-refractivity contribution is 5.72. The molecule has 0 spiro atoms. The third kappa shape index (κ3) is 9.49. The molecular weight excluding hydrogens is 206 g/mol. The molecule has 0 N–H and O–H groups in total. The van der Waals surface area contributed by atoms with E-state index in [0.717, 1.165) is 0 Å². The molecule has 0 heterocycles. The molecule has 0 radical (unpaired) electrons. The lowest BCUT2D eigenvalue weighted by molar-refractivity contribution is -0.144. The van der Waals surface area contributed by atoms with E-state index in [1.165, 1.54) is 13.8 Å². The molecule has 0 aliphatic rings. The molecule has 96 valence electrons. The van der Waals surface area contributed by atoms with Crippen LogP contribution in [0.15, 0.2) is 0 Å². The highest BCUT2D eigenvalue weighted by Gasteiger charge is 2.22. The van der Waals surface area contributed by atoms with E-state index in [-0.39, 0.29) is 17.3 Å². The minimum Gasteiger partial charge on any atom is -0.465 e. The average molecular weight is 231 g/mol. The van der Waals surface area contributed by atoms with E-state index in [4.69, 9.17) is 4.74 Å². The lowest BCUT2D eigenvalue weighted by Gasteiger charge is -2.29. The van der Waals surface area contributed by atoms with E-state index < -0.39 is 0 Å². The molecule has 0 saturated heterocycles. The number of ether oxygens (including phenoxy) is 1. The number of nitrogens with zero attached hydrogens (tertiary/aromatic N) is 1. The molecule has 4 nitrogen and oxygen atoms in total. The second-order valence-corrected chi connectivity index (χ2v) is 4.32. The predicted molar refractivity (Wildman–Crippen MR) is 65.1 cm³/mol. The third-order valence-corrected chi connectivity index (χ3v) is 1.87. The molecule has 0 bridgehead atoms. The van der Waals surface area contributed by atoms with Crippen LogP contribution in [0.2, 0.25) is 0 Å². The standard InChI is InChI=1S/C10H19NO3.C2H6/c1-8(12)11(5)6-10(3,4)7-14-9(2)13;1-2/h6-7H2,1-5H3;1-2H3. The van der Waals surface area contributed by atoms with Crippen LogP contribution < -0.4 is 0 Å². The van der Waals surface area contributed by atoms with Crippen molar-refractivity contribution in [2.45, 2.75) is 41.5 Å². The Bertz CT molecular complexity index is 224. The molecule has 16 heavy (non-hydrogen) atoms. The first-order valence-electron chi connectivity index (χ1n) is 5.60. The van der Waals surface area contributed by atoms with Gasteiger partial charge in [-0.15, -0.1) is 0 Å². The summed E-state index contributed by atoms with van der Waals surface area (Å²) in [6.07, 6.45) is 0. The van der Waals surface area contributed by atoms with Crippen LogP contribution in [-0.2, 0) is 14.3 Å². The van der Waals surface area contributed by atoms with Crippen LogP contribution in [0.4, 0.5) is 0 Å². The van der Waals surface area contributed by atoms with Crippen molar-refractivity contribution in [3.8, 4) is 0 Å². The lowest BCUT2D eigenvalue weighted by Crippen LogP contribution is -2.37. The predicted octanol–water partition coefficient (Wildman–Crippen LogP) is 2.08. The largest absolute Gasteiger partial charge is 0.465 e. The number of carbonyl (C=O) groups is 2. The Morgan fingerprint density at radius 2 is 1.62 bits per heavy atom. The van der Waals surface area contributed by atoms with Gasteiger partial charge in [0, 0.05) is 32.9 Å². The number of rotatable bonds is 4. The smallest absolute Gasteiger partial charge is 0.302 e. The first-order valence-corrected chi connectivity index (χ1v) is 5.60. The molecule has 0 unspecified atom stereocenters. The van der Waals surface area contributed by atoms with Crippen molar-refractivity contribution >= 4 is 11.9 Å². The van der Waals surface area contributed by atoms with Crippen LogP contribution in [0.5, 0.6) is 0 Å². The molecule has 0 saturated carbocycles. The Labute approximate surface area is 99.0 Å². The Morgan fingerprint density at radius 3 is 1.94 bits per heavy atom. The maximum absolute atomic E-state index is 11.0. The van der Waals surface area contributed by atoms with Crippen molar-refractivity contribution in [1.82, 2.24) is 4.90 Å². The van der Waals surface area contributed by atoms with Crippen LogP contribution in [0.25, 0.3) is 0 Å². The molecule has 0 rings (SSSR count). The molecule has 0 aromatic carbocycles. The van der Waals surface area contributed by atoms with Gasteiger partial charge < -0.3 is 9.64 Å². The van der Waals surface area contributed by atoms with Crippen molar-refractivity contribution in [2.75, 3.05) is 20.2 Å². The zero-order valence-electron chi connectivity index (χ0n) is 11.6. The van der Waals surface area contributed by atoms with Gasteiger partial charge in [-0.1, -0.05) is 27.7 Å².